The van der Waals surface area contributed by atoms with E-state index < -0.39 is 12.0 Å². The highest BCUT2D eigenvalue weighted by Gasteiger charge is 2.27. The number of rotatable bonds is 8. The molecule has 0 aromatic heterocycles. The van der Waals surface area contributed by atoms with E-state index in [2.05, 4.69) is 5.32 Å². The van der Waals surface area contributed by atoms with Crippen molar-refractivity contribution in [1.82, 2.24) is 10.2 Å². The Bertz CT molecular complexity index is 849. The second-order valence-corrected chi connectivity index (χ2v) is 7.41. The van der Waals surface area contributed by atoms with Gasteiger partial charge in [0.15, 0.2) is 6.61 Å². The number of ether oxygens (including phenoxy) is 1. The molecule has 0 unspecified atom stereocenters. The molecular formula is C23H28N2O4. The lowest BCUT2D eigenvalue weighted by Crippen LogP contribution is -2.46. The maximum absolute atomic E-state index is 12.5. The van der Waals surface area contributed by atoms with Gasteiger partial charge >= 0.3 is 5.97 Å². The lowest BCUT2D eigenvalue weighted by atomic mass is 10.0. The fourth-order valence-corrected chi connectivity index (χ4v) is 2.79. The largest absolute Gasteiger partial charge is 0.454 e. The monoisotopic (exact) mass is 396 g/mol. The van der Waals surface area contributed by atoms with Crippen molar-refractivity contribution in [3.8, 4) is 0 Å². The van der Waals surface area contributed by atoms with Crippen LogP contribution in [0.4, 0.5) is 0 Å². The first kappa shape index (κ1) is 22.1. The molecule has 0 saturated carbocycles. The Labute approximate surface area is 171 Å². The van der Waals surface area contributed by atoms with Crippen LogP contribution in [0.1, 0.15) is 35.3 Å². The van der Waals surface area contributed by atoms with E-state index in [1.165, 1.54) is 4.90 Å². The zero-order valence-corrected chi connectivity index (χ0v) is 17.3. The van der Waals surface area contributed by atoms with Crippen LogP contribution in [0, 0.1) is 12.8 Å². The summed E-state index contributed by atoms with van der Waals surface area (Å²) < 4.78 is 5.20. The lowest BCUT2D eigenvalue weighted by Gasteiger charge is -2.22. The summed E-state index contributed by atoms with van der Waals surface area (Å²) >= 11 is 0. The van der Waals surface area contributed by atoms with Gasteiger partial charge in [-0.05, 0) is 30.5 Å². The third-order valence-corrected chi connectivity index (χ3v) is 4.51. The van der Waals surface area contributed by atoms with Crippen molar-refractivity contribution in [1.29, 1.82) is 0 Å². The first-order valence-electron chi connectivity index (χ1n) is 9.60. The summed E-state index contributed by atoms with van der Waals surface area (Å²) in [6.07, 6.45) is 0. The fourth-order valence-electron chi connectivity index (χ4n) is 2.79. The number of nitrogens with one attached hydrogen (secondary N) is 1. The van der Waals surface area contributed by atoms with E-state index in [1.54, 1.807) is 25.2 Å². The van der Waals surface area contributed by atoms with E-state index in [0.717, 1.165) is 11.1 Å². The van der Waals surface area contributed by atoms with E-state index in [0.29, 0.717) is 12.1 Å². The van der Waals surface area contributed by atoms with Crippen molar-refractivity contribution >= 4 is 17.8 Å². The lowest BCUT2D eigenvalue weighted by molar-refractivity contribution is -0.154. The molecule has 0 heterocycles. The predicted octanol–water partition coefficient (Wildman–Crippen LogP) is 2.95. The van der Waals surface area contributed by atoms with Crippen LogP contribution in [-0.2, 0) is 20.9 Å². The summed E-state index contributed by atoms with van der Waals surface area (Å²) in [5.74, 6) is -1.47. The third kappa shape index (κ3) is 6.75. The van der Waals surface area contributed by atoms with Crippen molar-refractivity contribution in [2.45, 2.75) is 33.4 Å². The van der Waals surface area contributed by atoms with Gasteiger partial charge in [0.2, 0.25) is 0 Å². The SMILES string of the molecule is Cc1cccc(C(=O)N[C@H](C(=O)OCC(=O)N(C)Cc2ccccc2)C(C)C)c1. The Kier molecular flexibility index (Phi) is 7.95. The highest BCUT2D eigenvalue weighted by Crippen LogP contribution is 2.09. The number of amides is 2. The van der Waals surface area contributed by atoms with Crippen LogP contribution in [-0.4, -0.2) is 42.4 Å². The average molecular weight is 396 g/mol. The molecule has 2 rings (SSSR count). The van der Waals surface area contributed by atoms with Crippen LogP contribution < -0.4 is 5.32 Å². The molecule has 0 aliphatic rings. The van der Waals surface area contributed by atoms with Crippen LogP contribution in [0.2, 0.25) is 0 Å². The van der Waals surface area contributed by atoms with Gasteiger partial charge in [-0.15, -0.1) is 0 Å². The molecule has 0 aliphatic carbocycles. The van der Waals surface area contributed by atoms with Gasteiger partial charge in [-0.1, -0.05) is 61.9 Å². The quantitative estimate of drug-likeness (QED) is 0.696. The second kappa shape index (κ2) is 10.4. The molecule has 2 aromatic rings. The molecule has 6 heteroatoms. The zero-order valence-electron chi connectivity index (χ0n) is 17.3. The standard InChI is InChI=1S/C23H28N2O4/c1-16(2)21(24-22(27)19-12-8-9-17(3)13-19)23(28)29-15-20(26)25(4)14-18-10-6-5-7-11-18/h5-13,16,21H,14-15H2,1-4H3,(H,24,27)/t21-/m0/s1. The smallest absolute Gasteiger partial charge is 0.329 e. The van der Waals surface area contributed by atoms with E-state index in [9.17, 15) is 14.4 Å². The van der Waals surface area contributed by atoms with Crippen LogP contribution >= 0.6 is 0 Å². The van der Waals surface area contributed by atoms with E-state index in [1.807, 2.05) is 57.2 Å². The van der Waals surface area contributed by atoms with Gasteiger partial charge in [-0.25, -0.2) is 4.79 Å². The number of carbonyl (C=O) groups is 3. The van der Waals surface area contributed by atoms with Gasteiger partial charge in [0.05, 0.1) is 0 Å². The van der Waals surface area contributed by atoms with Gasteiger partial charge in [-0.2, -0.15) is 0 Å². The summed E-state index contributed by atoms with van der Waals surface area (Å²) in [7, 11) is 1.66. The number of aryl methyl sites for hydroxylation is 1. The molecule has 154 valence electrons. The van der Waals surface area contributed by atoms with E-state index in [4.69, 9.17) is 4.74 Å². The second-order valence-electron chi connectivity index (χ2n) is 7.41. The van der Waals surface area contributed by atoms with Crippen molar-refractivity contribution in [3.05, 3.63) is 71.3 Å². The van der Waals surface area contributed by atoms with Gasteiger partial charge in [0.1, 0.15) is 6.04 Å². The zero-order chi connectivity index (χ0) is 21.4. The average Bonchev–Trinajstić information content (AvgIpc) is 2.70. The molecule has 0 saturated heterocycles. The first-order chi connectivity index (χ1) is 13.8. The molecular weight excluding hydrogens is 368 g/mol. The van der Waals surface area contributed by atoms with Crippen molar-refractivity contribution in [2.75, 3.05) is 13.7 Å². The number of carbonyl (C=O) groups excluding carboxylic acids is 3. The van der Waals surface area contributed by atoms with Gasteiger partial charge in [-0.3, -0.25) is 9.59 Å². The van der Waals surface area contributed by atoms with Crippen LogP contribution in [0.5, 0.6) is 0 Å². The third-order valence-electron chi connectivity index (χ3n) is 4.51. The minimum absolute atomic E-state index is 0.187. The van der Waals surface area contributed by atoms with Crippen molar-refractivity contribution < 1.29 is 19.1 Å². The predicted molar refractivity (Wildman–Crippen MR) is 111 cm³/mol. The highest BCUT2D eigenvalue weighted by atomic mass is 16.5. The first-order valence-corrected chi connectivity index (χ1v) is 9.60. The summed E-state index contributed by atoms with van der Waals surface area (Å²) in [5.41, 5.74) is 2.41. The molecule has 0 aliphatic heterocycles. The topological polar surface area (TPSA) is 75.7 Å². The normalized spacial score (nSPS) is 11.6. The molecule has 6 nitrogen and oxygen atoms in total. The van der Waals surface area contributed by atoms with Crippen molar-refractivity contribution in [2.24, 2.45) is 5.92 Å². The summed E-state index contributed by atoms with van der Waals surface area (Å²) in [6.45, 7) is 5.57. The van der Waals surface area contributed by atoms with Crippen LogP contribution in [0.15, 0.2) is 54.6 Å². The molecule has 2 amide bonds. The molecule has 0 bridgehead atoms. The number of nitrogens with zero attached hydrogens (tertiary/aromatic N) is 1. The van der Waals surface area contributed by atoms with Crippen molar-refractivity contribution in [3.63, 3.8) is 0 Å². The Morgan fingerprint density at radius 2 is 1.72 bits per heavy atom. The molecule has 1 atom stereocenters. The number of hydrogen-bond acceptors (Lipinski definition) is 4. The van der Waals surface area contributed by atoms with E-state index in [-0.39, 0.29) is 24.3 Å². The molecule has 0 fully saturated rings. The molecule has 1 N–H and O–H groups in total. The number of likely N-dealkylation sites (N-methyl/N-ethyl adjacent to an activating group) is 1. The Balaban J connectivity index is 1.91. The molecule has 0 spiro atoms. The van der Waals surface area contributed by atoms with Gasteiger partial charge in [0.25, 0.3) is 11.8 Å². The number of esters is 1. The Hall–Kier alpha value is -3.15. The number of benzene rings is 2. The van der Waals surface area contributed by atoms with Gasteiger partial charge < -0.3 is 15.0 Å². The maximum Gasteiger partial charge on any atom is 0.329 e. The number of hydrogen-bond donors (Lipinski definition) is 1. The Morgan fingerprint density at radius 1 is 1.03 bits per heavy atom. The molecule has 2 aromatic carbocycles. The summed E-state index contributed by atoms with van der Waals surface area (Å²) in [4.78, 5) is 38.8. The van der Waals surface area contributed by atoms with Crippen LogP contribution in [0.25, 0.3) is 0 Å². The fraction of sp³-hybridized carbons (Fsp3) is 0.348. The van der Waals surface area contributed by atoms with Crippen LogP contribution in [0.3, 0.4) is 0 Å². The van der Waals surface area contributed by atoms with Gasteiger partial charge in [0, 0.05) is 19.2 Å². The maximum atomic E-state index is 12.5. The Morgan fingerprint density at radius 3 is 2.34 bits per heavy atom. The van der Waals surface area contributed by atoms with E-state index >= 15 is 0 Å². The molecule has 0 radical (unpaired) electrons. The summed E-state index contributed by atoms with van der Waals surface area (Å²) in [6, 6.07) is 15.8. The highest BCUT2D eigenvalue weighted by molar-refractivity contribution is 5.97. The minimum Gasteiger partial charge on any atom is -0.454 e. The summed E-state index contributed by atoms with van der Waals surface area (Å²) in [5, 5.41) is 2.71. The molecule has 29 heavy (non-hydrogen) atoms. The minimum atomic E-state index is -0.838.